The molecule has 31 heavy (non-hydrogen) atoms. The predicted molar refractivity (Wildman–Crippen MR) is 124 cm³/mol. The molecule has 2 amide bonds. The molecule has 1 aliphatic rings. The standard InChI is InChI=1S/C25H34FN3O2/c1-4-29(5-2)25(30)28(3)23-13-11-19(12-14-23)18-31-24-16-20(26)15-22(17-24)27-21-9-7-6-8-10-21/h11-17,21,27H,4-10,18H2,1-3H3. The van der Waals surface area contributed by atoms with Crippen LogP contribution in [0.1, 0.15) is 51.5 Å². The molecule has 0 bridgehead atoms. The van der Waals surface area contributed by atoms with Crippen molar-refractivity contribution in [1.82, 2.24) is 4.90 Å². The Morgan fingerprint density at radius 1 is 1.06 bits per heavy atom. The number of halogens is 1. The first-order valence-corrected chi connectivity index (χ1v) is 11.3. The smallest absolute Gasteiger partial charge is 0.324 e. The van der Waals surface area contributed by atoms with Gasteiger partial charge < -0.3 is 15.0 Å². The lowest BCUT2D eigenvalue weighted by Crippen LogP contribution is -2.41. The highest BCUT2D eigenvalue weighted by Gasteiger charge is 2.16. The number of anilines is 2. The summed E-state index contributed by atoms with van der Waals surface area (Å²) < 4.78 is 19.9. The zero-order chi connectivity index (χ0) is 22.2. The van der Waals surface area contributed by atoms with Crippen LogP contribution in [0.2, 0.25) is 0 Å². The zero-order valence-electron chi connectivity index (χ0n) is 18.9. The van der Waals surface area contributed by atoms with Crippen molar-refractivity contribution in [3.05, 3.63) is 53.8 Å². The van der Waals surface area contributed by atoms with Crippen molar-refractivity contribution in [1.29, 1.82) is 0 Å². The number of hydrogen-bond donors (Lipinski definition) is 1. The van der Waals surface area contributed by atoms with Crippen molar-refractivity contribution < 1.29 is 13.9 Å². The molecule has 2 aromatic rings. The maximum atomic E-state index is 14.1. The summed E-state index contributed by atoms with van der Waals surface area (Å²) >= 11 is 0. The Morgan fingerprint density at radius 2 is 1.74 bits per heavy atom. The van der Waals surface area contributed by atoms with E-state index in [4.69, 9.17) is 4.74 Å². The van der Waals surface area contributed by atoms with Crippen molar-refractivity contribution in [2.24, 2.45) is 0 Å². The van der Waals surface area contributed by atoms with Crippen LogP contribution in [-0.4, -0.2) is 37.1 Å². The molecule has 0 atom stereocenters. The molecule has 0 aliphatic heterocycles. The second-order valence-electron chi connectivity index (χ2n) is 8.12. The minimum Gasteiger partial charge on any atom is -0.489 e. The van der Waals surface area contributed by atoms with Gasteiger partial charge in [-0.2, -0.15) is 0 Å². The molecule has 0 heterocycles. The monoisotopic (exact) mass is 427 g/mol. The third kappa shape index (κ3) is 6.36. The first kappa shape index (κ1) is 22.9. The van der Waals surface area contributed by atoms with Crippen LogP contribution in [0, 0.1) is 5.82 Å². The molecule has 0 saturated heterocycles. The number of carbonyl (C=O) groups excluding carboxylic acids is 1. The maximum absolute atomic E-state index is 14.1. The van der Waals surface area contributed by atoms with Crippen molar-refractivity contribution in [2.75, 3.05) is 30.4 Å². The fraction of sp³-hybridized carbons (Fsp3) is 0.480. The second kappa shape index (κ2) is 11.0. The summed E-state index contributed by atoms with van der Waals surface area (Å²) in [7, 11) is 1.78. The van der Waals surface area contributed by atoms with E-state index in [0.717, 1.165) is 29.8 Å². The molecule has 2 aromatic carbocycles. The maximum Gasteiger partial charge on any atom is 0.324 e. The van der Waals surface area contributed by atoms with E-state index in [1.54, 1.807) is 16.8 Å². The molecule has 168 valence electrons. The SMILES string of the molecule is CCN(CC)C(=O)N(C)c1ccc(COc2cc(F)cc(NC3CCCCC3)c2)cc1. The quantitative estimate of drug-likeness (QED) is 0.558. The Bertz CT molecular complexity index is 846. The molecule has 1 aliphatic carbocycles. The van der Waals surface area contributed by atoms with Gasteiger partial charge in [0.1, 0.15) is 18.2 Å². The van der Waals surface area contributed by atoms with Crippen LogP contribution in [0.5, 0.6) is 5.75 Å². The summed E-state index contributed by atoms with van der Waals surface area (Å²) in [6.07, 6.45) is 5.99. The Labute approximate surface area is 185 Å². The molecule has 1 N–H and O–H groups in total. The predicted octanol–water partition coefficient (Wildman–Crippen LogP) is 6.05. The first-order valence-electron chi connectivity index (χ1n) is 11.3. The summed E-state index contributed by atoms with van der Waals surface area (Å²) in [6.45, 7) is 5.63. The number of rotatable bonds is 8. The molecule has 3 rings (SSSR count). The Morgan fingerprint density at radius 3 is 2.39 bits per heavy atom. The number of nitrogens with zero attached hydrogens (tertiary/aromatic N) is 2. The number of hydrogen-bond acceptors (Lipinski definition) is 3. The Kier molecular flexibility index (Phi) is 8.15. The number of nitrogens with one attached hydrogen (secondary N) is 1. The van der Waals surface area contributed by atoms with Gasteiger partial charge in [0.15, 0.2) is 0 Å². The normalized spacial score (nSPS) is 14.2. The highest BCUT2D eigenvalue weighted by Crippen LogP contribution is 2.26. The largest absolute Gasteiger partial charge is 0.489 e. The number of ether oxygens (including phenoxy) is 1. The van der Waals surface area contributed by atoms with Crippen molar-refractivity contribution in [3.63, 3.8) is 0 Å². The molecule has 5 nitrogen and oxygen atoms in total. The number of carbonyl (C=O) groups is 1. The van der Waals surface area contributed by atoms with Gasteiger partial charge in [0, 0.05) is 49.7 Å². The van der Waals surface area contributed by atoms with Gasteiger partial charge in [-0.3, -0.25) is 4.90 Å². The van der Waals surface area contributed by atoms with Crippen LogP contribution in [0.25, 0.3) is 0 Å². The van der Waals surface area contributed by atoms with E-state index in [1.807, 2.05) is 44.2 Å². The second-order valence-corrected chi connectivity index (χ2v) is 8.12. The van der Waals surface area contributed by atoms with Gasteiger partial charge in [0.05, 0.1) is 0 Å². The van der Waals surface area contributed by atoms with Crippen molar-refractivity contribution in [2.45, 2.75) is 58.6 Å². The minimum absolute atomic E-state index is 0.0215. The van der Waals surface area contributed by atoms with Gasteiger partial charge in [-0.15, -0.1) is 0 Å². The van der Waals surface area contributed by atoms with Gasteiger partial charge >= 0.3 is 6.03 Å². The minimum atomic E-state index is -0.303. The summed E-state index contributed by atoms with van der Waals surface area (Å²) in [6, 6.07) is 12.9. The van der Waals surface area contributed by atoms with Gasteiger partial charge in [0.25, 0.3) is 0 Å². The highest BCUT2D eigenvalue weighted by molar-refractivity contribution is 5.91. The molecule has 0 radical (unpaired) electrons. The Balaban J connectivity index is 1.59. The van der Waals surface area contributed by atoms with Crippen LogP contribution < -0.4 is 15.0 Å². The van der Waals surface area contributed by atoms with E-state index in [-0.39, 0.29) is 11.8 Å². The third-order valence-corrected chi connectivity index (χ3v) is 5.90. The molecule has 0 unspecified atom stereocenters. The Hall–Kier alpha value is -2.76. The molecular weight excluding hydrogens is 393 g/mol. The summed E-state index contributed by atoms with van der Waals surface area (Å²) in [4.78, 5) is 15.9. The van der Waals surface area contributed by atoms with Gasteiger partial charge in [-0.05, 0) is 50.5 Å². The van der Waals surface area contributed by atoms with Gasteiger partial charge in [0.2, 0.25) is 0 Å². The zero-order valence-corrected chi connectivity index (χ0v) is 18.9. The summed E-state index contributed by atoms with van der Waals surface area (Å²) in [5, 5.41) is 3.45. The summed E-state index contributed by atoms with van der Waals surface area (Å²) in [5.74, 6) is 0.207. The fourth-order valence-electron chi connectivity index (χ4n) is 4.01. The van der Waals surface area contributed by atoms with Gasteiger partial charge in [-0.25, -0.2) is 9.18 Å². The van der Waals surface area contributed by atoms with E-state index in [1.165, 1.54) is 31.4 Å². The lowest BCUT2D eigenvalue weighted by atomic mass is 9.95. The van der Waals surface area contributed by atoms with E-state index >= 15 is 0 Å². The third-order valence-electron chi connectivity index (χ3n) is 5.90. The van der Waals surface area contributed by atoms with Crippen molar-refractivity contribution >= 4 is 17.4 Å². The van der Waals surface area contributed by atoms with Crippen LogP contribution in [0.15, 0.2) is 42.5 Å². The van der Waals surface area contributed by atoms with E-state index in [2.05, 4.69) is 5.32 Å². The number of amides is 2. The molecule has 6 heteroatoms. The molecule has 0 aromatic heterocycles. The number of benzene rings is 2. The van der Waals surface area contributed by atoms with Crippen molar-refractivity contribution in [3.8, 4) is 5.75 Å². The fourth-order valence-corrected chi connectivity index (χ4v) is 4.01. The summed E-state index contributed by atoms with van der Waals surface area (Å²) in [5.41, 5.74) is 2.55. The molecule has 1 fully saturated rings. The average Bonchev–Trinajstić information content (AvgIpc) is 2.78. The highest BCUT2D eigenvalue weighted by atomic mass is 19.1. The molecule has 1 saturated carbocycles. The topological polar surface area (TPSA) is 44.8 Å². The van der Waals surface area contributed by atoms with Crippen LogP contribution in [0.3, 0.4) is 0 Å². The molecule has 0 spiro atoms. The van der Waals surface area contributed by atoms with Gasteiger partial charge in [-0.1, -0.05) is 31.4 Å². The average molecular weight is 428 g/mol. The van der Waals surface area contributed by atoms with Crippen LogP contribution >= 0.6 is 0 Å². The number of urea groups is 1. The van der Waals surface area contributed by atoms with Crippen LogP contribution in [0.4, 0.5) is 20.6 Å². The molecular formula is C25H34FN3O2. The van der Waals surface area contributed by atoms with Crippen LogP contribution in [-0.2, 0) is 6.61 Å². The lowest BCUT2D eigenvalue weighted by Gasteiger charge is -2.26. The lowest BCUT2D eigenvalue weighted by molar-refractivity contribution is 0.211. The first-order chi connectivity index (χ1) is 15.0. The van der Waals surface area contributed by atoms with E-state index in [0.29, 0.717) is 31.5 Å². The van der Waals surface area contributed by atoms with E-state index in [9.17, 15) is 9.18 Å². The van der Waals surface area contributed by atoms with E-state index < -0.39 is 0 Å².